The lowest BCUT2D eigenvalue weighted by Gasteiger charge is -2.20. The van der Waals surface area contributed by atoms with E-state index in [1.807, 2.05) is 6.07 Å². The van der Waals surface area contributed by atoms with Gasteiger partial charge < -0.3 is 15.7 Å². The number of carbonyl (C=O) groups is 1. The van der Waals surface area contributed by atoms with Gasteiger partial charge in [-0.05, 0) is 23.8 Å². The van der Waals surface area contributed by atoms with Crippen LogP contribution in [0.2, 0.25) is 0 Å². The van der Waals surface area contributed by atoms with Crippen LogP contribution < -0.4 is 10.6 Å². The maximum atomic E-state index is 13.9. The Morgan fingerprint density at radius 3 is 2.85 bits per heavy atom. The number of rotatable bonds is 4. The summed E-state index contributed by atoms with van der Waals surface area (Å²) in [6, 6.07) is 5.91. The van der Waals surface area contributed by atoms with E-state index in [-0.39, 0.29) is 16.9 Å². The van der Waals surface area contributed by atoms with Crippen LogP contribution in [0.3, 0.4) is 0 Å². The minimum atomic E-state index is -1.18. The van der Waals surface area contributed by atoms with E-state index < -0.39 is 11.8 Å². The number of hydrogen-bond acceptors (Lipinski definition) is 4. The zero-order valence-corrected chi connectivity index (χ0v) is 10.9. The average molecular weight is 275 g/mol. The van der Waals surface area contributed by atoms with Crippen molar-refractivity contribution in [2.75, 3.05) is 17.7 Å². The van der Waals surface area contributed by atoms with Crippen molar-refractivity contribution in [3.63, 3.8) is 0 Å². The first kappa shape index (κ1) is 13.8. The van der Waals surface area contributed by atoms with Crippen molar-refractivity contribution >= 4 is 17.3 Å². The van der Waals surface area contributed by atoms with E-state index >= 15 is 0 Å². The number of aromatic carboxylic acids is 1. The number of nitrogens with two attached hydrogens (primary N) is 1. The van der Waals surface area contributed by atoms with Gasteiger partial charge in [0.25, 0.3) is 0 Å². The molecule has 2 rings (SSSR count). The van der Waals surface area contributed by atoms with E-state index in [9.17, 15) is 9.18 Å². The fourth-order valence-electron chi connectivity index (χ4n) is 1.91. The standard InChI is InChI=1S/C14H14FN3O2/c1-18(8-9-3-2-4-17-7-9)13-5-10(14(19)20)12(16)6-11(13)15/h2-7H,8,16H2,1H3,(H,19,20). The molecule has 0 radical (unpaired) electrons. The number of anilines is 2. The van der Waals surface area contributed by atoms with Crippen LogP contribution in [0.15, 0.2) is 36.7 Å². The summed E-state index contributed by atoms with van der Waals surface area (Å²) in [5, 5.41) is 9.02. The third kappa shape index (κ3) is 2.85. The molecule has 2 aromatic rings. The van der Waals surface area contributed by atoms with Crippen molar-refractivity contribution in [1.82, 2.24) is 4.98 Å². The summed E-state index contributed by atoms with van der Waals surface area (Å²) in [7, 11) is 1.67. The predicted molar refractivity (Wildman–Crippen MR) is 74.1 cm³/mol. The minimum Gasteiger partial charge on any atom is -0.478 e. The molecule has 0 aliphatic carbocycles. The number of carboxylic acids is 1. The number of nitrogens with zero attached hydrogens (tertiary/aromatic N) is 2. The summed E-state index contributed by atoms with van der Waals surface area (Å²) >= 11 is 0. The van der Waals surface area contributed by atoms with Crippen molar-refractivity contribution in [2.45, 2.75) is 6.54 Å². The largest absolute Gasteiger partial charge is 0.478 e. The molecule has 1 heterocycles. The Balaban J connectivity index is 2.32. The highest BCUT2D eigenvalue weighted by Gasteiger charge is 2.16. The van der Waals surface area contributed by atoms with Gasteiger partial charge in [-0.1, -0.05) is 6.07 Å². The smallest absolute Gasteiger partial charge is 0.337 e. The van der Waals surface area contributed by atoms with Crippen LogP contribution in [0.5, 0.6) is 0 Å². The highest BCUT2D eigenvalue weighted by molar-refractivity contribution is 5.95. The Bertz CT molecular complexity index is 632. The Morgan fingerprint density at radius 1 is 1.50 bits per heavy atom. The molecule has 20 heavy (non-hydrogen) atoms. The predicted octanol–water partition coefficient (Wildman–Crippen LogP) is 2.14. The number of carboxylic acid groups (broad SMARTS) is 1. The van der Waals surface area contributed by atoms with Crippen LogP contribution in [0.25, 0.3) is 0 Å². The van der Waals surface area contributed by atoms with Crippen molar-refractivity contribution in [3.8, 4) is 0 Å². The third-order valence-electron chi connectivity index (χ3n) is 2.90. The molecule has 0 amide bonds. The van der Waals surface area contributed by atoms with E-state index in [0.717, 1.165) is 11.6 Å². The molecule has 0 saturated heterocycles. The fourth-order valence-corrected chi connectivity index (χ4v) is 1.91. The van der Waals surface area contributed by atoms with Gasteiger partial charge >= 0.3 is 5.97 Å². The van der Waals surface area contributed by atoms with Crippen molar-refractivity contribution < 1.29 is 14.3 Å². The van der Waals surface area contributed by atoms with Gasteiger partial charge in [0.2, 0.25) is 0 Å². The number of pyridine rings is 1. The summed E-state index contributed by atoms with van der Waals surface area (Å²) < 4.78 is 13.9. The monoisotopic (exact) mass is 275 g/mol. The second kappa shape index (κ2) is 5.56. The molecule has 0 aliphatic heterocycles. The van der Waals surface area contributed by atoms with Crippen LogP contribution in [0, 0.1) is 5.82 Å². The number of hydrogen-bond donors (Lipinski definition) is 2. The van der Waals surface area contributed by atoms with Crippen LogP contribution in [-0.4, -0.2) is 23.1 Å². The van der Waals surface area contributed by atoms with E-state index in [2.05, 4.69) is 4.98 Å². The number of nitrogen functional groups attached to an aromatic ring is 1. The Labute approximate surface area is 115 Å². The minimum absolute atomic E-state index is 0.0893. The molecule has 0 aliphatic rings. The van der Waals surface area contributed by atoms with E-state index in [4.69, 9.17) is 10.8 Å². The first-order chi connectivity index (χ1) is 9.49. The van der Waals surface area contributed by atoms with Crippen LogP contribution >= 0.6 is 0 Å². The lowest BCUT2D eigenvalue weighted by Crippen LogP contribution is -2.19. The summed E-state index contributed by atoms with van der Waals surface area (Å²) in [4.78, 5) is 16.6. The fraction of sp³-hybridized carbons (Fsp3) is 0.143. The lowest BCUT2D eigenvalue weighted by molar-refractivity contribution is 0.0698. The van der Waals surface area contributed by atoms with Gasteiger partial charge in [0.1, 0.15) is 5.82 Å². The van der Waals surface area contributed by atoms with Crippen LogP contribution in [0.4, 0.5) is 15.8 Å². The molecular weight excluding hydrogens is 261 g/mol. The molecular formula is C14H14FN3O2. The molecule has 1 aromatic heterocycles. The summed E-state index contributed by atoms with van der Waals surface area (Å²) in [6.07, 6.45) is 3.32. The van der Waals surface area contributed by atoms with Gasteiger partial charge in [-0.2, -0.15) is 0 Å². The molecule has 0 unspecified atom stereocenters. The molecule has 104 valence electrons. The second-order valence-electron chi connectivity index (χ2n) is 4.41. The zero-order chi connectivity index (χ0) is 14.7. The summed E-state index contributed by atoms with van der Waals surface area (Å²) in [6.45, 7) is 0.410. The molecule has 0 atom stereocenters. The topological polar surface area (TPSA) is 79.5 Å². The third-order valence-corrected chi connectivity index (χ3v) is 2.90. The second-order valence-corrected chi connectivity index (χ2v) is 4.41. The van der Waals surface area contributed by atoms with Crippen molar-refractivity contribution in [2.24, 2.45) is 0 Å². The first-order valence-corrected chi connectivity index (χ1v) is 5.91. The Hall–Kier alpha value is -2.63. The lowest BCUT2D eigenvalue weighted by atomic mass is 10.1. The Kier molecular flexibility index (Phi) is 3.84. The molecule has 0 bridgehead atoms. The van der Waals surface area contributed by atoms with Crippen LogP contribution in [-0.2, 0) is 6.54 Å². The highest BCUT2D eigenvalue weighted by atomic mass is 19.1. The molecule has 5 nitrogen and oxygen atoms in total. The van der Waals surface area contributed by atoms with Gasteiger partial charge in [0, 0.05) is 31.7 Å². The number of aromatic nitrogens is 1. The van der Waals surface area contributed by atoms with E-state index in [0.29, 0.717) is 6.54 Å². The van der Waals surface area contributed by atoms with Gasteiger partial charge in [0.15, 0.2) is 0 Å². The Morgan fingerprint density at radius 2 is 2.25 bits per heavy atom. The van der Waals surface area contributed by atoms with Crippen LogP contribution in [0.1, 0.15) is 15.9 Å². The maximum absolute atomic E-state index is 13.9. The van der Waals surface area contributed by atoms with Gasteiger partial charge in [-0.25, -0.2) is 9.18 Å². The maximum Gasteiger partial charge on any atom is 0.337 e. The number of halogens is 1. The normalized spacial score (nSPS) is 10.3. The average Bonchev–Trinajstić information content (AvgIpc) is 2.39. The van der Waals surface area contributed by atoms with Gasteiger partial charge in [-0.3, -0.25) is 4.98 Å². The summed E-state index contributed by atoms with van der Waals surface area (Å²) in [5.74, 6) is -1.74. The van der Waals surface area contributed by atoms with Gasteiger partial charge in [-0.15, -0.1) is 0 Å². The van der Waals surface area contributed by atoms with E-state index in [1.54, 1.807) is 30.4 Å². The molecule has 1 aromatic carbocycles. The quantitative estimate of drug-likeness (QED) is 0.836. The zero-order valence-electron chi connectivity index (χ0n) is 10.9. The van der Waals surface area contributed by atoms with Crippen molar-refractivity contribution in [3.05, 3.63) is 53.6 Å². The van der Waals surface area contributed by atoms with Gasteiger partial charge in [0.05, 0.1) is 11.3 Å². The molecule has 3 N–H and O–H groups in total. The number of benzene rings is 1. The molecule has 0 spiro atoms. The van der Waals surface area contributed by atoms with Crippen molar-refractivity contribution in [1.29, 1.82) is 0 Å². The van der Waals surface area contributed by atoms with E-state index in [1.165, 1.54) is 6.07 Å². The molecule has 0 fully saturated rings. The molecule has 6 heteroatoms. The highest BCUT2D eigenvalue weighted by Crippen LogP contribution is 2.25. The first-order valence-electron chi connectivity index (χ1n) is 5.91. The summed E-state index contributed by atoms with van der Waals surface area (Å²) in [5.41, 5.74) is 6.37. The molecule has 0 saturated carbocycles. The SMILES string of the molecule is CN(Cc1cccnc1)c1cc(C(=O)O)c(N)cc1F.